The van der Waals surface area contributed by atoms with Gasteiger partial charge in [-0.25, -0.2) is 30.8 Å². The minimum absolute atomic E-state index is 0.171. The normalized spacial score (nSPS) is 11.5. The van der Waals surface area contributed by atoms with Gasteiger partial charge in [0.2, 0.25) is 9.84 Å². The Balaban J connectivity index is 2.07. The Morgan fingerprint density at radius 2 is 1.69 bits per heavy atom. The summed E-state index contributed by atoms with van der Waals surface area (Å²) in [4.78, 5) is 12.7. The van der Waals surface area contributed by atoms with Crippen LogP contribution in [0.25, 0.3) is 22.4 Å². The Morgan fingerprint density at radius 1 is 1.00 bits per heavy atom. The zero-order valence-corrected chi connectivity index (χ0v) is 18.5. The van der Waals surface area contributed by atoms with Gasteiger partial charge < -0.3 is 10.5 Å². The smallest absolute Gasteiger partial charge is 0.407 e. The van der Waals surface area contributed by atoms with Crippen LogP contribution in [-0.4, -0.2) is 29.3 Å². The molecular weight excluding hydrogens is 492 g/mol. The maximum absolute atomic E-state index is 15.8. The average Bonchev–Trinajstić information content (AvgIpc) is 3.18. The molecule has 0 aliphatic rings. The summed E-state index contributed by atoms with van der Waals surface area (Å²) in [6, 6.07) is 4.89. The summed E-state index contributed by atoms with van der Waals surface area (Å²) in [5.74, 6) is -6.73. The van der Waals surface area contributed by atoms with Crippen LogP contribution in [0.2, 0.25) is 0 Å². The van der Waals surface area contributed by atoms with Crippen LogP contribution in [0.15, 0.2) is 64.8 Å². The number of hydrogen-bond donors (Lipinski definition) is 1. The van der Waals surface area contributed by atoms with E-state index in [9.17, 15) is 22.0 Å². The highest BCUT2D eigenvalue weighted by molar-refractivity contribution is 7.91. The van der Waals surface area contributed by atoms with E-state index in [1.807, 2.05) is 0 Å². The largest absolute Gasteiger partial charge is 0.410 e. The van der Waals surface area contributed by atoms with Crippen LogP contribution in [0.5, 0.6) is 5.75 Å². The summed E-state index contributed by atoms with van der Waals surface area (Å²) in [6.45, 7) is 0. The highest BCUT2D eigenvalue weighted by Gasteiger charge is 2.33. The molecule has 13 heteroatoms. The summed E-state index contributed by atoms with van der Waals surface area (Å²) in [6.07, 6.45) is 2.70. The molecule has 2 heterocycles. The van der Waals surface area contributed by atoms with Crippen molar-refractivity contribution in [2.45, 2.75) is 9.79 Å². The van der Waals surface area contributed by atoms with Crippen LogP contribution < -0.4 is 10.5 Å². The maximum Gasteiger partial charge on any atom is 0.410 e. The zero-order chi connectivity index (χ0) is 25.5. The minimum Gasteiger partial charge on any atom is -0.407 e. The molecule has 1 amide bonds. The van der Waals surface area contributed by atoms with E-state index in [-0.39, 0.29) is 11.3 Å². The van der Waals surface area contributed by atoms with Crippen molar-refractivity contribution < 1.29 is 35.5 Å². The molecule has 2 aromatic heterocycles. The molecule has 0 saturated heterocycles. The first-order chi connectivity index (χ1) is 16.5. The predicted octanol–water partition coefficient (Wildman–Crippen LogP) is 4.00. The Labute approximate surface area is 195 Å². The summed E-state index contributed by atoms with van der Waals surface area (Å²) < 4.78 is 91.3. The molecule has 0 aliphatic carbocycles. The maximum atomic E-state index is 15.8. The number of aryl methyl sites for hydroxylation is 1. The highest BCUT2D eigenvalue weighted by Crippen LogP contribution is 2.41. The summed E-state index contributed by atoms with van der Waals surface area (Å²) in [5, 5.41) is 4.04. The minimum atomic E-state index is -5.13. The SMILES string of the molecule is Cn1cc(-c2ccncc2)c(-c2c(F)c(OC(N)=O)cc(S(=O)(=O)c3cc(F)ccc3F)c2F)n1. The molecule has 180 valence electrons. The number of amides is 1. The van der Waals surface area contributed by atoms with Crippen molar-refractivity contribution in [2.24, 2.45) is 12.8 Å². The van der Waals surface area contributed by atoms with Crippen molar-refractivity contribution in [3.05, 3.63) is 78.3 Å². The lowest BCUT2D eigenvalue weighted by Crippen LogP contribution is -2.18. The van der Waals surface area contributed by atoms with Crippen molar-refractivity contribution in [3.63, 3.8) is 0 Å². The molecule has 0 atom stereocenters. The Morgan fingerprint density at radius 3 is 2.34 bits per heavy atom. The number of ether oxygens (including phenoxy) is 1. The number of rotatable bonds is 5. The lowest BCUT2D eigenvalue weighted by molar-refractivity contribution is 0.208. The first kappa shape index (κ1) is 23.9. The van der Waals surface area contributed by atoms with E-state index in [1.54, 1.807) is 0 Å². The second-order valence-corrected chi connectivity index (χ2v) is 9.06. The van der Waals surface area contributed by atoms with Gasteiger partial charge >= 0.3 is 6.09 Å². The van der Waals surface area contributed by atoms with E-state index >= 15 is 8.78 Å². The van der Waals surface area contributed by atoms with Crippen LogP contribution in [0.3, 0.4) is 0 Å². The number of carbonyl (C=O) groups is 1. The van der Waals surface area contributed by atoms with Crippen molar-refractivity contribution in [2.75, 3.05) is 0 Å². The number of primary amides is 1. The third kappa shape index (κ3) is 4.33. The van der Waals surface area contributed by atoms with Crippen LogP contribution in [0.1, 0.15) is 0 Å². The monoisotopic (exact) mass is 506 g/mol. The number of nitrogens with zero attached hydrogens (tertiary/aromatic N) is 3. The fourth-order valence-electron chi connectivity index (χ4n) is 3.39. The van der Waals surface area contributed by atoms with Gasteiger partial charge in [0, 0.05) is 37.3 Å². The molecule has 0 radical (unpaired) electrons. The Bertz CT molecular complexity index is 1570. The van der Waals surface area contributed by atoms with Gasteiger partial charge in [-0.3, -0.25) is 9.67 Å². The first-order valence-corrected chi connectivity index (χ1v) is 11.1. The van der Waals surface area contributed by atoms with Crippen LogP contribution in [0.4, 0.5) is 22.4 Å². The van der Waals surface area contributed by atoms with Crippen LogP contribution >= 0.6 is 0 Å². The second kappa shape index (κ2) is 8.83. The fourth-order valence-corrected chi connectivity index (χ4v) is 4.82. The van der Waals surface area contributed by atoms with Crippen LogP contribution in [-0.2, 0) is 16.9 Å². The number of aromatic nitrogens is 3. The average molecular weight is 506 g/mol. The van der Waals surface area contributed by atoms with E-state index in [0.717, 1.165) is 0 Å². The van der Waals surface area contributed by atoms with E-state index in [4.69, 9.17) is 5.73 Å². The topological polar surface area (TPSA) is 117 Å². The number of halogens is 4. The zero-order valence-electron chi connectivity index (χ0n) is 17.7. The van der Waals surface area contributed by atoms with Gasteiger partial charge in [0.25, 0.3) is 0 Å². The van der Waals surface area contributed by atoms with E-state index in [0.29, 0.717) is 29.8 Å². The molecule has 0 spiro atoms. The van der Waals surface area contributed by atoms with Gasteiger partial charge in [-0.2, -0.15) is 5.10 Å². The molecule has 8 nitrogen and oxygen atoms in total. The Hall–Kier alpha value is -4.26. The number of nitrogens with two attached hydrogens (primary N) is 1. The van der Waals surface area contributed by atoms with E-state index < -0.39 is 60.3 Å². The third-order valence-corrected chi connectivity index (χ3v) is 6.64. The number of hydrogen-bond acceptors (Lipinski definition) is 6. The van der Waals surface area contributed by atoms with Gasteiger partial charge in [-0.05, 0) is 35.9 Å². The first-order valence-electron chi connectivity index (χ1n) is 9.64. The van der Waals surface area contributed by atoms with Gasteiger partial charge in [0.15, 0.2) is 17.4 Å². The molecule has 0 bridgehead atoms. The van der Waals surface area contributed by atoms with Gasteiger partial charge in [0.05, 0.1) is 5.56 Å². The molecule has 2 aromatic carbocycles. The number of carbonyl (C=O) groups excluding carboxylic acids is 1. The number of pyridine rings is 1. The van der Waals surface area contributed by atoms with Crippen molar-refractivity contribution in [1.82, 2.24) is 14.8 Å². The third-order valence-electron chi connectivity index (χ3n) is 4.87. The number of benzene rings is 2. The summed E-state index contributed by atoms with van der Waals surface area (Å²) in [5.41, 5.74) is 4.19. The Kier molecular flexibility index (Phi) is 6.03. The van der Waals surface area contributed by atoms with Gasteiger partial charge in [0.1, 0.15) is 27.1 Å². The second-order valence-electron chi connectivity index (χ2n) is 7.18. The molecule has 2 N–H and O–H groups in total. The molecule has 4 rings (SSSR count). The van der Waals surface area contributed by atoms with E-state index in [1.165, 1.54) is 42.5 Å². The molecule has 0 unspecified atom stereocenters. The predicted molar refractivity (Wildman–Crippen MR) is 114 cm³/mol. The quantitative estimate of drug-likeness (QED) is 0.323. The molecule has 0 saturated carbocycles. The summed E-state index contributed by atoms with van der Waals surface area (Å²) >= 11 is 0. The molecule has 4 aromatic rings. The molecule has 35 heavy (non-hydrogen) atoms. The van der Waals surface area contributed by atoms with Crippen molar-refractivity contribution >= 4 is 15.9 Å². The van der Waals surface area contributed by atoms with E-state index in [2.05, 4.69) is 14.8 Å². The standard InChI is InChI=1S/C22H14F4N4O4S/c1-30-10-13(11-4-6-28-7-5-11)21(29-30)18-19(25)15(34-22(27)31)9-17(20(18)26)35(32,33)16-8-12(23)2-3-14(16)24/h2-10H,1H3,(H2,27,31). The van der Waals surface area contributed by atoms with Crippen LogP contribution in [0, 0.1) is 23.3 Å². The lowest BCUT2D eigenvalue weighted by Gasteiger charge is -2.14. The fraction of sp³-hybridized carbons (Fsp3) is 0.0455. The van der Waals surface area contributed by atoms with Crippen molar-refractivity contribution in [1.29, 1.82) is 0 Å². The number of sulfone groups is 1. The molecule has 0 fully saturated rings. The summed E-state index contributed by atoms with van der Waals surface area (Å²) in [7, 11) is -3.68. The van der Waals surface area contributed by atoms with Gasteiger partial charge in [-0.15, -0.1) is 0 Å². The highest BCUT2D eigenvalue weighted by atomic mass is 32.2. The van der Waals surface area contributed by atoms with Gasteiger partial charge in [-0.1, -0.05) is 0 Å². The molecular formula is C22H14F4N4O4S. The van der Waals surface area contributed by atoms with Crippen molar-refractivity contribution in [3.8, 4) is 28.1 Å². The lowest BCUT2D eigenvalue weighted by atomic mass is 10.0. The molecule has 0 aliphatic heterocycles.